The molecular formula is C19H29N. The summed E-state index contributed by atoms with van der Waals surface area (Å²) in [4.78, 5) is 0. The van der Waals surface area contributed by atoms with Crippen LogP contribution in [0.4, 0.5) is 0 Å². The van der Waals surface area contributed by atoms with Crippen molar-refractivity contribution in [2.24, 2.45) is 5.41 Å². The third-order valence-electron chi connectivity index (χ3n) is 5.41. The van der Waals surface area contributed by atoms with E-state index >= 15 is 0 Å². The minimum atomic E-state index is 0.571. The van der Waals surface area contributed by atoms with E-state index in [4.69, 9.17) is 0 Å². The van der Waals surface area contributed by atoms with E-state index in [0.29, 0.717) is 5.41 Å². The molecule has 3 rings (SSSR count). The zero-order valence-corrected chi connectivity index (χ0v) is 13.1. The molecule has 1 unspecified atom stereocenters. The summed E-state index contributed by atoms with van der Waals surface area (Å²) in [5.41, 5.74) is 3.70. The highest BCUT2D eigenvalue weighted by Gasteiger charge is 2.27. The quantitative estimate of drug-likeness (QED) is 0.842. The summed E-state index contributed by atoms with van der Waals surface area (Å²) in [6.07, 6.45) is 9.42. The van der Waals surface area contributed by atoms with Crippen LogP contribution in [0.2, 0.25) is 0 Å². The highest BCUT2D eigenvalue weighted by atomic mass is 14.9. The molecule has 0 amide bonds. The Bertz CT molecular complexity index is 433. The lowest BCUT2D eigenvalue weighted by molar-refractivity contribution is 0.224. The van der Waals surface area contributed by atoms with Gasteiger partial charge in [-0.15, -0.1) is 0 Å². The van der Waals surface area contributed by atoms with E-state index < -0.39 is 0 Å². The predicted octanol–water partition coefficient (Wildman–Crippen LogP) is 4.66. The molecule has 0 bridgehead atoms. The van der Waals surface area contributed by atoms with Gasteiger partial charge in [0.1, 0.15) is 0 Å². The third-order valence-corrected chi connectivity index (χ3v) is 5.41. The molecule has 0 spiro atoms. The van der Waals surface area contributed by atoms with Gasteiger partial charge in [0.2, 0.25) is 0 Å². The van der Waals surface area contributed by atoms with Gasteiger partial charge in [0.25, 0.3) is 0 Å². The monoisotopic (exact) mass is 271 g/mol. The molecule has 0 aromatic heterocycles. The topological polar surface area (TPSA) is 12.0 Å². The molecule has 1 N–H and O–H groups in total. The first-order valence-electron chi connectivity index (χ1n) is 8.45. The maximum absolute atomic E-state index is 3.61. The first-order chi connectivity index (χ1) is 9.62. The molecule has 2 aliphatic rings. The standard InChI is InChI=1S/C19H29N/c1-19(2)10-8-16(9-11-19)17-6-3-5-15(13-17)14-18-7-4-12-20-18/h3,5-6,13,16,18,20H,4,7-12,14H2,1-2H3. The van der Waals surface area contributed by atoms with Crippen LogP contribution >= 0.6 is 0 Å². The number of rotatable bonds is 3. The van der Waals surface area contributed by atoms with Crippen molar-refractivity contribution in [1.29, 1.82) is 0 Å². The van der Waals surface area contributed by atoms with Crippen LogP contribution in [-0.4, -0.2) is 12.6 Å². The van der Waals surface area contributed by atoms with Gasteiger partial charge in [0.15, 0.2) is 0 Å². The van der Waals surface area contributed by atoms with Crippen molar-refractivity contribution < 1.29 is 0 Å². The molecule has 0 radical (unpaired) electrons. The Morgan fingerprint density at radius 2 is 1.95 bits per heavy atom. The van der Waals surface area contributed by atoms with Gasteiger partial charge in [-0.1, -0.05) is 38.1 Å². The van der Waals surface area contributed by atoms with Crippen molar-refractivity contribution in [3.8, 4) is 0 Å². The van der Waals surface area contributed by atoms with Crippen LogP contribution in [0.15, 0.2) is 24.3 Å². The van der Waals surface area contributed by atoms with Gasteiger partial charge in [-0.3, -0.25) is 0 Å². The van der Waals surface area contributed by atoms with E-state index in [-0.39, 0.29) is 0 Å². The largest absolute Gasteiger partial charge is 0.314 e. The molecule has 1 aliphatic heterocycles. The molecule has 1 saturated carbocycles. The van der Waals surface area contributed by atoms with E-state index in [1.165, 1.54) is 57.1 Å². The van der Waals surface area contributed by atoms with Gasteiger partial charge in [-0.05, 0) is 74.0 Å². The van der Waals surface area contributed by atoms with E-state index in [2.05, 4.69) is 43.4 Å². The van der Waals surface area contributed by atoms with Crippen LogP contribution in [0.5, 0.6) is 0 Å². The van der Waals surface area contributed by atoms with Crippen molar-refractivity contribution in [3.05, 3.63) is 35.4 Å². The van der Waals surface area contributed by atoms with Gasteiger partial charge in [0, 0.05) is 6.04 Å². The second-order valence-corrected chi connectivity index (χ2v) is 7.68. The Morgan fingerprint density at radius 1 is 1.15 bits per heavy atom. The maximum atomic E-state index is 3.61. The lowest BCUT2D eigenvalue weighted by Gasteiger charge is -2.34. The van der Waals surface area contributed by atoms with Crippen LogP contribution < -0.4 is 5.32 Å². The summed E-state index contributed by atoms with van der Waals surface area (Å²) in [7, 11) is 0. The molecule has 1 heteroatoms. The minimum Gasteiger partial charge on any atom is -0.314 e. The zero-order valence-electron chi connectivity index (χ0n) is 13.1. The van der Waals surface area contributed by atoms with E-state index in [1.807, 2.05) is 0 Å². The van der Waals surface area contributed by atoms with E-state index in [9.17, 15) is 0 Å². The highest BCUT2D eigenvalue weighted by molar-refractivity contribution is 5.27. The number of nitrogens with one attached hydrogen (secondary N) is 1. The van der Waals surface area contributed by atoms with Crippen molar-refractivity contribution in [3.63, 3.8) is 0 Å². The van der Waals surface area contributed by atoms with Crippen molar-refractivity contribution in [2.45, 2.75) is 70.8 Å². The van der Waals surface area contributed by atoms with E-state index in [1.54, 1.807) is 5.56 Å². The summed E-state index contributed by atoms with van der Waals surface area (Å²) in [6.45, 7) is 6.05. The molecule has 110 valence electrons. The fourth-order valence-electron chi connectivity index (χ4n) is 3.92. The van der Waals surface area contributed by atoms with Crippen LogP contribution in [0, 0.1) is 5.41 Å². The molecule has 1 nitrogen and oxygen atoms in total. The Hall–Kier alpha value is -0.820. The van der Waals surface area contributed by atoms with Gasteiger partial charge < -0.3 is 5.32 Å². The zero-order chi connectivity index (χ0) is 14.0. The smallest absolute Gasteiger partial charge is 0.0108 e. The summed E-state index contributed by atoms with van der Waals surface area (Å²) in [6, 6.07) is 10.2. The van der Waals surface area contributed by atoms with Crippen LogP contribution in [-0.2, 0) is 6.42 Å². The molecule has 1 aromatic rings. The Balaban J connectivity index is 1.65. The summed E-state index contributed by atoms with van der Waals surface area (Å²) >= 11 is 0. The molecule has 1 heterocycles. The SMILES string of the molecule is CC1(C)CCC(c2cccc(CC3CCCN3)c2)CC1. The molecule has 1 atom stereocenters. The van der Waals surface area contributed by atoms with Crippen LogP contribution in [0.3, 0.4) is 0 Å². The first-order valence-corrected chi connectivity index (χ1v) is 8.45. The van der Waals surface area contributed by atoms with Gasteiger partial charge in [-0.2, -0.15) is 0 Å². The Morgan fingerprint density at radius 3 is 2.65 bits per heavy atom. The molecule has 2 fully saturated rings. The second-order valence-electron chi connectivity index (χ2n) is 7.68. The van der Waals surface area contributed by atoms with E-state index in [0.717, 1.165) is 12.0 Å². The highest BCUT2D eigenvalue weighted by Crippen LogP contribution is 2.42. The third kappa shape index (κ3) is 3.44. The van der Waals surface area contributed by atoms with Crippen molar-refractivity contribution in [2.75, 3.05) is 6.54 Å². The van der Waals surface area contributed by atoms with Gasteiger partial charge in [-0.25, -0.2) is 0 Å². The number of benzene rings is 1. The predicted molar refractivity (Wildman–Crippen MR) is 86.2 cm³/mol. The molecular weight excluding hydrogens is 242 g/mol. The fraction of sp³-hybridized carbons (Fsp3) is 0.684. The van der Waals surface area contributed by atoms with Crippen LogP contribution in [0.25, 0.3) is 0 Å². The number of hydrogen-bond donors (Lipinski definition) is 1. The minimum absolute atomic E-state index is 0.571. The van der Waals surface area contributed by atoms with Gasteiger partial charge in [0.05, 0.1) is 0 Å². The van der Waals surface area contributed by atoms with Gasteiger partial charge >= 0.3 is 0 Å². The molecule has 20 heavy (non-hydrogen) atoms. The summed E-state index contributed by atoms with van der Waals surface area (Å²) in [5, 5.41) is 3.61. The molecule has 1 aromatic carbocycles. The average molecular weight is 271 g/mol. The normalized spacial score (nSPS) is 26.8. The maximum Gasteiger partial charge on any atom is 0.0108 e. The van der Waals surface area contributed by atoms with Crippen LogP contribution in [0.1, 0.15) is 69.4 Å². The van der Waals surface area contributed by atoms with Crippen molar-refractivity contribution in [1.82, 2.24) is 5.32 Å². The lowest BCUT2D eigenvalue weighted by Crippen LogP contribution is -2.23. The lowest BCUT2D eigenvalue weighted by atomic mass is 9.71. The molecule has 1 saturated heterocycles. The average Bonchev–Trinajstić information content (AvgIpc) is 2.92. The summed E-state index contributed by atoms with van der Waals surface area (Å²) in [5.74, 6) is 0.805. The number of hydrogen-bond acceptors (Lipinski definition) is 1. The summed E-state index contributed by atoms with van der Waals surface area (Å²) < 4.78 is 0. The Kier molecular flexibility index (Phi) is 4.16. The first kappa shape index (κ1) is 14.1. The van der Waals surface area contributed by atoms with Crippen molar-refractivity contribution >= 4 is 0 Å². The second kappa shape index (κ2) is 5.89. The fourth-order valence-corrected chi connectivity index (χ4v) is 3.92. The Labute approximate surface area is 124 Å². The molecule has 1 aliphatic carbocycles.